The molecule has 0 radical (unpaired) electrons. The molecule has 0 saturated heterocycles. The first kappa shape index (κ1) is 124. The molecule has 2 aromatic rings. The second kappa shape index (κ2) is 93.4. The molecule has 2 aromatic carbocycles. The quantitative estimate of drug-likeness (QED) is 0.0496. The second-order valence-electron chi connectivity index (χ2n) is 31.0. The Morgan fingerprint density at radius 1 is 0.165 bits per heavy atom. The van der Waals surface area contributed by atoms with Crippen LogP contribution in [0.1, 0.15) is 63.8 Å². The van der Waals surface area contributed by atoms with Gasteiger partial charge in [-0.3, -0.25) is 0 Å². The van der Waals surface area contributed by atoms with Crippen molar-refractivity contribution >= 4 is 22.8 Å². The Hall–Kier alpha value is -3.62. The Balaban J connectivity index is 0.000000813. The van der Waals surface area contributed by atoms with E-state index < -0.39 is 0 Å². The molecule has 0 N–H and O–H groups in total. The van der Waals surface area contributed by atoms with Gasteiger partial charge in [0, 0.05) is 51.3 Å². The highest BCUT2D eigenvalue weighted by Crippen LogP contribution is 2.41. The highest BCUT2D eigenvalue weighted by atomic mass is 16.6. The van der Waals surface area contributed by atoms with Gasteiger partial charge in [0.25, 0.3) is 0 Å². The maximum atomic E-state index is 5.86. The molecule has 37 heteroatoms. The van der Waals surface area contributed by atoms with E-state index in [1.807, 2.05) is 0 Å². The molecule has 0 unspecified atom stereocenters. The van der Waals surface area contributed by atoms with Crippen LogP contribution in [0, 0.1) is 13.8 Å². The SMILES string of the molecule is COCCOCCOCCOCCOCCOCCOCCOCCOCCOCCOCCOCCOCCOCCOCCOCCOCCOCCOCCOCCOCCOCCOCCOCC[N+]1=C(C)C(C)(C)c2cc(C)ccc21.COCCOCCOCCOCCOCCOCCOCCOCCOCCOCCOCC[N+]1=C(C)C(C)(C)c2cc(C)ccc21. The summed E-state index contributed by atoms with van der Waals surface area (Å²) in [6, 6.07) is 13.4. The molecule has 2 aliphatic rings. The zero-order valence-corrected chi connectivity index (χ0v) is 83.1. The molecule has 0 fully saturated rings. The lowest BCUT2D eigenvalue weighted by molar-refractivity contribution is -0.443. The van der Waals surface area contributed by atoms with E-state index in [1.165, 1.54) is 45.1 Å². The molecule has 4 rings (SSSR count). The van der Waals surface area contributed by atoms with Crippen molar-refractivity contribution in [2.75, 3.05) is 477 Å². The minimum absolute atomic E-state index is 0.0351. The molecule has 133 heavy (non-hydrogen) atoms. The van der Waals surface area contributed by atoms with Gasteiger partial charge in [0.2, 0.25) is 11.4 Å². The van der Waals surface area contributed by atoms with Gasteiger partial charge >= 0.3 is 0 Å². The molecule has 0 bridgehead atoms. The summed E-state index contributed by atoms with van der Waals surface area (Å²) in [5, 5.41) is 0. The number of hydrogen-bond acceptors (Lipinski definition) is 35. The minimum Gasteiger partial charge on any atom is -0.382 e. The number of ether oxygens (including phenoxy) is 35. The fourth-order valence-electron chi connectivity index (χ4n) is 12.4. The van der Waals surface area contributed by atoms with Crippen LogP contribution < -0.4 is 0 Å². The van der Waals surface area contributed by atoms with Gasteiger partial charge < -0.3 is 166 Å². The number of benzene rings is 2. The molecule has 2 aliphatic heterocycles. The highest BCUT2D eigenvalue weighted by molar-refractivity contribution is 5.94. The summed E-state index contributed by atoms with van der Waals surface area (Å²) in [7, 11) is 3.29. The highest BCUT2D eigenvalue weighted by Gasteiger charge is 2.44. The number of rotatable bonds is 105. The van der Waals surface area contributed by atoms with Gasteiger partial charge in [0.15, 0.2) is 24.5 Å². The van der Waals surface area contributed by atoms with Gasteiger partial charge in [0.05, 0.1) is 447 Å². The topological polar surface area (TPSA) is 329 Å². The Bertz CT molecular complexity index is 2910. The van der Waals surface area contributed by atoms with E-state index >= 15 is 0 Å². The van der Waals surface area contributed by atoms with E-state index in [0.29, 0.717) is 449 Å². The predicted molar refractivity (Wildman–Crippen MR) is 500 cm³/mol. The van der Waals surface area contributed by atoms with E-state index in [9.17, 15) is 0 Å². The monoisotopic (exact) mass is 1920 g/mol. The second-order valence-corrected chi connectivity index (χ2v) is 31.0. The first-order valence-corrected chi connectivity index (χ1v) is 47.9. The lowest BCUT2D eigenvalue weighted by Crippen LogP contribution is -2.27. The molecule has 778 valence electrons. The minimum atomic E-state index is 0.0351. The smallest absolute Gasteiger partial charge is 0.209 e. The summed E-state index contributed by atoms with van der Waals surface area (Å²) < 4.78 is 197. The number of fused-ring (bicyclic) bond motifs is 2. The Kier molecular flexibility index (Phi) is 86.7. The third kappa shape index (κ3) is 71.5. The van der Waals surface area contributed by atoms with Gasteiger partial charge in [-0.25, -0.2) is 0 Å². The van der Waals surface area contributed by atoms with Crippen LogP contribution in [-0.4, -0.2) is 497 Å². The van der Waals surface area contributed by atoms with Crippen LogP contribution in [0.15, 0.2) is 36.4 Å². The lowest BCUT2D eigenvalue weighted by atomic mass is 9.82. The predicted octanol–water partition coefficient (Wildman–Crippen LogP) is 6.62. The fourth-order valence-corrected chi connectivity index (χ4v) is 12.4. The number of hydrogen-bond donors (Lipinski definition) is 0. The standard InChI is InChI=1S/C61H114NO24.C35H62NO11/c1-57-6-7-60-59(56-57)61(3,4)58(2)62(60)8-9-64-12-13-66-16-17-68-20-21-70-24-25-72-28-29-74-32-33-76-36-37-78-40-41-80-44-45-82-48-49-84-52-53-86-55-54-85-51-50-83-47-46-81-43-42-79-39-38-77-35-34-75-31-30-73-27-26-71-23-22-69-19-18-67-15-14-65-11-10-63-5;1-31-6-7-34-33(30-31)35(3,4)32(2)36(34)8-9-38-12-13-40-16-17-42-20-21-44-24-25-46-28-29-47-27-26-45-23-22-43-19-18-41-15-14-39-11-10-37-5/h6-7,56H,8-55H2,1-5H3;6-7,30H,8-29H2,1-5H3/q2*+1. The molecule has 0 amide bonds. The average molecular weight is 1920 g/mol. The normalized spacial score (nSPS) is 13.4. The van der Waals surface area contributed by atoms with E-state index in [0.717, 1.165) is 13.1 Å². The Labute approximate surface area is 795 Å². The molecule has 0 atom stereocenters. The molecule has 37 nitrogen and oxygen atoms in total. The summed E-state index contributed by atoms with van der Waals surface area (Å²) in [5.41, 5.74) is 10.8. The zero-order chi connectivity index (χ0) is 95.3. The third-order valence-corrected chi connectivity index (χ3v) is 20.2. The largest absolute Gasteiger partial charge is 0.382 e. The summed E-state index contributed by atoms with van der Waals surface area (Å²) in [6.45, 7) is 54.8. The molecule has 0 saturated carbocycles. The van der Waals surface area contributed by atoms with E-state index in [2.05, 4.69) is 101 Å². The van der Waals surface area contributed by atoms with Crippen LogP contribution in [-0.2, 0) is 177 Å². The van der Waals surface area contributed by atoms with Gasteiger partial charge in [0.1, 0.15) is 13.2 Å². The third-order valence-electron chi connectivity index (χ3n) is 20.2. The van der Waals surface area contributed by atoms with E-state index in [1.54, 1.807) is 14.2 Å². The molecular weight excluding hydrogens is 1740 g/mol. The van der Waals surface area contributed by atoms with Crippen molar-refractivity contribution in [1.29, 1.82) is 0 Å². The van der Waals surface area contributed by atoms with Gasteiger partial charge in [-0.1, -0.05) is 23.3 Å². The van der Waals surface area contributed by atoms with Crippen LogP contribution >= 0.6 is 0 Å². The van der Waals surface area contributed by atoms with Crippen molar-refractivity contribution in [3.63, 3.8) is 0 Å². The van der Waals surface area contributed by atoms with Crippen molar-refractivity contribution in [3.05, 3.63) is 58.7 Å². The summed E-state index contributed by atoms with van der Waals surface area (Å²) >= 11 is 0. The molecular formula is C96H176N2O35+2. The average Bonchev–Trinajstić information content (AvgIpc) is 1.61. The van der Waals surface area contributed by atoms with Gasteiger partial charge in [-0.15, -0.1) is 0 Å². The van der Waals surface area contributed by atoms with Crippen LogP contribution in [0.2, 0.25) is 0 Å². The van der Waals surface area contributed by atoms with Crippen LogP contribution in [0.4, 0.5) is 11.4 Å². The number of aryl methyl sites for hydroxylation is 2. The molecule has 0 spiro atoms. The van der Waals surface area contributed by atoms with Crippen molar-refractivity contribution in [3.8, 4) is 0 Å². The zero-order valence-electron chi connectivity index (χ0n) is 83.1. The van der Waals surface area contributed by atoms with Gasteiger partial charge in [-0.05, 0) is 53.7 Å². The van der Waals surface area contributed by atoms with E-state index in [-0.39, 0.29) is 10.8 Å². The summed E-state index contributed by atoms with van der Waals surface area (Å²) in [6.07, 6.45) is 0. The Morgan fingerprint density at radius 3 is 0.398 bits per heavy atom. The van der Waals surface area contributed by atoms with Crippen LogP contribution in [0.25, 0.3) is 0 Å². The maximum Gasteiger partial charge on any atom is 0.209 e. The number of nitrogens with zero attached hydrogens (tertiary/aromatic N) is 2. The molecule has 0 aliphatic carbocycles. The van der Waals surface area contributed by atoms with Crippen molar-refractivity contribution in [2.24, 2.45) is 0 Å². The first-order valence-electron chi connectivity index (χ1n) is 47.9. The maximum absolute atomic E-state index is 5.86. The summed E-state index contributed by atoms with van der Waals surface area (Å²) in [5.74, 6) is 0. The van der Waals surface area contributed by atoms with Crippen molar-refractivity contribution in [1.82, 2.24) is 0 Å². The van der Waals surface area contributed by atoms with Crippen LogP contribution in [0.3, 0.4) is 0 Å². The lowest BCUT2D eigenvalue weighted by Gasteiger charge is -2.15. The fraction of sp³-hybridized carbons (Fsp3) is 0.854. The first-order chi connectivity index (χ1) is 65.5. The van der Waals surface area contributed by atoms with Crippen molar-refractivity contribution < 1.29 is 175 Å². The van der Waals surface area contributed by atoms with Crippen LogP contribution in [0.5, 0.6) is 0 Å². The number of methoxy groups -OCH3 is 2. The van der Waals surface area contributed by atoms with Gasteiger partial charge in [-0.2, -0.15) is 9.15 Å². The molecule has 2 heterocycles. The van der Waals surface area contributed by atoms with E-state index in [4.69, 9.17) is 166 Å². The summed E-state index contributed by atoms with van der Waals surface area (Å²) in [4.78, 5) is 0. The Morgan fingerprint density at radius 2 is 0.278 bits per heavy atom. The molecule has 0 aromatic heterocycles. The van der Waals surface area contributed by atoms with Crippen molar-refractivity contribution in [2.45, 2.75) is 66.2 Å².